The molecule has 3 rings (SSSR count). The summed E-state index contributed by atoms with van der Waals surface area (Å²) in [7, 11) is 0. The molecule has 2 atom stereocenters. The number of rotatable bonds is 4. The Kier molecular flexibility index (Phi) is 5.62. The zero-order chi connectivity index (χ0) is 15.2. The second-order valence-corrected chi connectivity index (χ2v) is 6.14. The van der Waals surface area contributed by atoms with Gasteiger partial charge in [0.2, 0.25) is 0 Å². The molecule has 4 heteroatoms. The van der Waals surface area contributed by atoms with Crippen molar-refractivity contribution >= 4 is 6.08 Å². The summed E-state index contributed by atoms with van der Waals surface area (Å²) in [5, 5.41) is 10.5. The van der Waals surface area contributed by atoms with E-state index in [4.69, 9.17) is 4.74 Å². The highest BCUT2D eigenvalue weighted by atomic mass is 16.5. The molecule has 1 aromatic carbocycles. The lowest BCUT2D eigenvalue weighted by molar-refractivity contribution is -0.0503. The van der Waals surface area contributed by atoms with Gasteiger partial charge in [0.1, 0.15) is 0 Å². The number of ether oxygens (including phenoxy) is 1. The van der Waals surface area contributed by atoms with Crippen LogP contribution < -0.4 is 0 Å². The van der Waals surface area contributed by atoms with Crippen molar-refractivity contribution in [1.82, 2.24) is 9.80 Å². The number of aliphatic hydroxyl groups is 1. The van der Waals surface area contributed by atoms with Gasteiger partial charge in [0, 0.05) is 38.8 Å². The molecular formula is C18H26N2O2. The number of morpholine rings is 1. The van der Waals surface area contributed by atoms with Gasteiger partial charge in [-0.2, -0.15) is 0 Å². The quantitative estimate of drug-likeness (QED) is 0.914. The van der Waals surface area contributed by atoms with Crippen molar-refractivity contribution in [3.05, 3.63) is 42.0 Å². The molecular weight excluding hydrogens is 276 g/mol. The Morgan fingerprint density at radius 2 is 1.91 bits per heavy atom. The maximum atomic E-state index is 10.5. The van der Waals surface area contributed by atoms with Gasteiger partial charge in [-0.3, -0.25) is 9.80 Å². The van der Waals surface area contributed by atoms with Crippen molar-refractivity contribution in [3.8, 4) is 0 Å². The van der Waals surface area contributed by atoms with Gasteiger partial charge >= 0.3 is 0 Å². The van der Waals surface area contributed by atoms with Crippen molar-refractivity contribution < 1.29 is 9.84 Å². The molecule has 2 saturated heterocycles. The molecule has 0 unspecified atom stereocenters. The van der Waals surface area contributed by atoms with E-state index in [0.29, 0.717) is 6.04 Å². The third kappa shape index (κ3) is 4.17. The van der Waals surface area contributed by atoms with Gasteiger partial charge in [-0.25, -0.2) is 0 Å². The number of benzene rings is 1. The zero-order valence-corrected chi connectivity index (χ0v) is 13.1. The van der Waals surface area contributed by atoms with Crippen molar-refractivity contribution in [3.63, 3.8) is 0 Å². The Morgan fingerprint density at radius 1 is 1.14 bits per heavy atom. The summed E-state index contributed by atoms with van der Waals surface area (Å²) in [6.45, 7) is 6.23. The van der Waals surface area contributed by atoms with Crippen LogP contribution in [0.2, 0.25) is 0 Å². The highest BCUT2D eigenvalue weighted by Crippen LogP contribution is 2.18. The molecule has 0 radical (unpaired) electrons. The summed E-state index contributed by atoms with van der Waals surface area (Å²) in [4.78, 5) is 4.73. The fraction of sp³-hybridized carbons (Fsp3) is 0.556. The second-order valence-electron chi connectivity index (χ2n) is 6.14. The first kappa shape index (κ1) is 15.7. The van der Waals surface area contributed by atoms with Crippen LogP contribution in [-0.4, -0.2) is 73.0 Å². The zero-order valence-electron chi connectivity index (χ0n) is 13.1. The maximum Gasteiger partial charge on any atom is 0.0822 e. The minimum absolute atomic E-state index is 0.253. The molecule has 1 aromatic rings. The minimum Gasteiger partial charge on any atom is -0.390 e. The van der Waals surface area contributed by atoms with E-state index in [9.17, 15) is 5.11 Å². The highest BCUT2D eigenvalue weighted by Gasteiger charge is 2.32. The molecule has 120 valence electrons. The van der Waals surface area contributed by atoms with Gasteiger partial charge in [0.25, 0.3) is 0 Å². The van der Waals surface area contributed by atoms with Crippen molar-refractivity contribution in [2.45, 2.75) is 18.6 Å². The summed E-state index contributed by atoms with van der Waals surface area (Å²) in [6, 6.07) is 10.7. The molecule has 0 aliphatic carbocycles. The summed E-state index contributed by atoms with van der Waals surface area (Å²) < 4.78 is 5.40. The molecule has 2 fully saturated rings. The Hall–Kier alpha value is -1.20. The lowest BCUT2D eigenvalue weighted by Gasteiger charge is -2.42. The van der Waals surface area contributed by atoms with Crippen molar-refractivity contribution in [2.75, 3.05) is 45.9 Å². The Labute approximate surface area is 133 Å². The summed E-state index contributed by atoms with van der Waals surface area (Å²) in [5.41, 5.74) is 1.23. The van der Waals surface area contributed by atoms with E-state index in [1.54, 1.807) is 0 Å². The fourth-order valence-corrected chi connectivity index (χ4v) is 3.39. The molecule has 0 saturated carbocycles. The van der Waals surface area contributed by atoms with E-state index in [1.165, 1.54) is 5.56 Å². The van der Waals surface area contributed by atoms with Gasteiger partial charge in [0.15, 0.2) is 0 Å². The van der Waals surface area contributed by atoms with E-state index in [-0.39, 0.29) is 6.10 Å². The van der Waals surface area contributed by atoms with Crippen LogP contribution in [0, 0.1) is 0 Å². The molecule has 0 spiro atoms. The predicted octanol–water partition coefficient (Wildman–Crippen LogP) is 1.47. The first-order valence-electron chi connectivity index (χ1n) is 8.27. The number of likely N-dealkylation sites (tertiary alicyclic amines) is 1. The Morgan fingerprint density at radius 3 is 2.64 bits per heavy atom. The largest absolute Gasteiger partial charge is 0.390 e. The van der Waals surface area contributed by atoms with Crippen LogP contribution >= 0.6 is 0 Å². The average molecular weight is 302 g/mol. The van der Waals surface area contributed by atoms with Gasteiger partial charge in [-0.1, -0.05) is 42.5 Å². The lowest BCUT2D eigenvalue weighted by atomic mass is 9.99. The predicted molar refractivity (Wildman–Crippen MR) is 88.7 cm³/mol. The number of hydrogen-bond donors (Lipinski definition) is 1. The van der Waals surface area contributed by atoms with Crippen LogP contribution in [0.15, 0.2) is 36.4 Å². The molecule has 2 aliphatic heterocycles. The van der Waals surface area contributed by atoms with Crippen LogP contribution in [0.1, 0.15) is 12.0 Å². The Balaban J connectivity index is 1.46. The van der Waals surface area contributed by atoms with Crippen molar-refractivity contribution in [2.24, 2.45) is 0 Å². The number of nitrogens with zero attached hydrogens (tertiary/aromatic N) is 2. The van der Waals surface area contributed by atoms with Crippen LogP contribution in [0.25, 0.3) is 6.08 Å². The standard InChI is InChI=1S/C18H26N2O2/c21-18-15-19(9-4-7-16-5-2-1-3-6-16)10-8-17(18)20-11-13-22-14-12-20/h1-7,17-18,21H,8-15H2/b7-4+/t17-,18-/m1/s1. The van der Waals surface area contributed by atoms with Crippen LogP contribution in [-0.2, 0) is 4.74 Å². The number of aliphatic hydroxyl groups excluding tert-OH is 1. The third-order valence-electron chi connectivity index (χ3n) is 4.62. The van der Waals surface area contributed by atoms with Gasteiger partial charge in [-0.15, -0.1) is 0 Å². The molecule has 0 bridgehead atoms. The highest BCUT2D eigenvalue weighted by molar-refractivity contribution is 5.48. The second kappa shape index (κ2) is 7.88. The fourth-order valence-electron chi connectivity index (χ4n) is 3.39. The third-order valence-corrected chi connectivity index (χ3v) is 4.62. The van der Waals surface area contributed by atoms with Gasteiger partial charge < -0.3 is 9.84 Å². The summed E-state index contributed by atoms with van der Waals surface area (Å²) >= 11 is 0. The molecule has 1 N–H and O–H groups in total. The SMILES string of the molecule is O[C@@H]1CN(C/C=C/c2ccccc2)CC[C@H]1N1CCOCC1. The smallest absolute Gasteiger partial charge is 0.0822 e. The van der Waals surface area contributed by atoms with E-state index >= 15 is 0 Å². The average Bonchev–Trinajstić information content (AvgIpc) is 2.57. The number of piperidine rings is 1. The molecule has 0 amide bonds. The first-order chi connectivity index (χ1) is 10.8. The molecule has 4 nitrogen and oxygen atoms in total. The number of hydrogen-bond acceptors (Lipinski definition) is 4. The summed E-state index contributed by atoms with van der Waals surface area (Å²) in [6.07, 6.45) is 5.13. The topological polar surface area (TPSA) is 35.9 Å². The van der Waals surface area contributed by atoms with E-state index < -0.39 is 0 Å². The van der Waals surface area contributed by atoms with Crippen LogP contribution in [0.5, 0.6) is 0 Å². The molecule has 0 aromatic heterocycles. The first-order valence-corrected chi connectivity index (χ1v) is 8.27. The molecule has 2 aliphatic rings. The van der Waals surface area contributed by atoms with Crippen LogP contribution in [0.4, 0.5) is 0 Å². The van der Waals surface area contributed by atoms with E-state index in [0.717, 1.165) is 52.4 Å². The monoisotopic (exact) mass is 302 g/mol. The lowest BCUT2D eigenvalue weighted by Crippen LogP contribution is -2.56. The normalized spacial score (nSPS) is 28.2. The van der Waals surface area contributed by atoms with Gasteiger partial charge in [0.05, 0.1) is 19.3 Å². The van der Waals surface area contributed by atoms with E-state index in [1.807, 2.05) is 6.07 Å². The maximum absolute atomic E-state index is 10.5. The van der Waals surface area contributed by atoms with E-state index in [2.05, 4.69) is 46.2 Å². The molecule has 22 heavy (non-hydrogen) atoms. The summed E-state index contributed by atoms with van der Waals surface area (Å²) in [5.74, 6) is 0. The molecule has 2 heterocycles. The Bertz CT molecular complexity index is 471. The van der Waals surface area contributed by atoms with Crippen LogP contribution in [0.3, 0.4) is 0 Å². The van der Waals surface area contributed by atoms with Gasteiger partial charge in [-0.05, 0) is 12.0 Å². The minimum atomic E-state index is -0.253. The number of β-amino-alcohol motifs (C(OH)–C–C–N with tert-alkyl or cyclic N) is 1. The van der Waals surface area contributed by atoms with Crippen molar-refractivity contribution in [1.29, 1.82) is 0 Å².